The highest BCUT2D eigenvalue weighted by Gasteiger charge is 2.37. The molecule has 204 valence electrons. The number of aryl methyl sites for hydroxylation is 2. The van der Waals surface area contributed by atoms with Crippen LogP contribution in [0.1, 0.15) is 55.5 Å². The maximum absolute atomic E-state index is 13.9. The summed E-state index contributed by atoms with van der Waals surface area (Å²) in [5, 5.41) is 5.37. The summed E-state index contributed by atoms with van der Waals surface area (Å²) in [6.07, 6.45) is 0.124. The van der Waals surface area contributed by atoms with E-state index in [1.54, 1.807) is 20.8 Å². The maximum atomic E-state index is 13.9. The first kappa shape index (κ1) is 30.1. The Kier molecular flexibility index (Phi) is 10.6. The zero-order valence-corrected chi connectivity index (χ0v) is 22.7. The number of carbonyl (C=O) groups is 4. The van der Waals surface area contributed by atoms with Crippen molar-refractivity contribution in [3.8, 4) is 0 Å². The maximum Gasteiger partial charge on any atom is 0.408 e. The summed E-state index contributed by atoms with van der Waals surface area (Å²) in [6.45, 7) is 12.7. The van der Waals surface area contributed by atoms with Crippen molar-refractivity contribution in [3.05, 3.63) is 83.4 Å². The highest BCUT2D eigenvalue weighted by molar-refractivity contribution is 5.94. The average molecular weight is 523 g/mol. The topological polar surface area (TPSA) is 131 Å². The van der Waals surface area contributed by atoms with Gasteiger partial charge in [-0.2, -0.15) is 0 Å². The van der Waals surface area contributed by atoms with Crippen LogP contribution in [0.15, 0.2) is 61.2 Å². The van der Waals surface area contributed by atoms with Crippen LogP contribution in [-0.2, 0) is 25.7 Å². The first-order chi connectivity index (χ1) is 17.8. The van der Waals surface area contributed by atoms with Gasteiger partial charge in [0.2, 0.25) is 17.7 Å². The molecule has 9 nitrogen and oxygen atoms in total. The minimum atomic E-state index is -1.35. The molecule has 4 N–H and O–H groups in total. The van der Waals surface area contributed by atoms with Crippen LogP contribution in [-0.4, -0.2) is 46.9 Å². The fraction of sp³-hybridized carbons (Fsp3) is 0.379. The Labute approximate surface area is 224 Å². The van der Waals surface area contributed by atoms with Gasteiger partial charge >= 0.3 is 6.09 Å². The quantitative estimate of drug-likeness (QED) is 0.389. The molecule has 2 atom stereocenters. The van der Waals surface area contributed by atoms with Crippen molar-refractivity contribution in [1.29, 1.82) is 0 Å². The van der Waals surface area contributed by atoms with Gasteiger partial charge in [-0.15, -0.1) is 6.58 Å². The molecule has 0 aliphatic carbocycles. The molecule has 9 heteroatoms. The number of primary amides is 1. The third-order valence-electron chi connectivity index (χ3n) is 5.60. The predicted molar refractivity (Wildman–Crippen MR) is 146 cm³/mol. The Bertz CT molecular complexity index is 1160. The summed E-state index contributed by atoms with van der Waals surface area (Å²) in [6, 6.07) is 12.6. The summed E-state index contributed by atoms with van der Waals surface area (Å²) in [5.41, 5.74) is 7.78. The molecule has 4 amide bonds. The van der Waals surface area contributed by atoms with Crippen molar-refractivity contribution in [2.45, 2.75) is 65.3 Å². The molecule has 0 fully saturated rings. The highest BCUT2D eigenvalue weighted by Crippen LogP contribution is 2.27. The van der Waals surface area contributed by atoms with Gasteiger partial charge in [-0.3, -0.25) is 14.4 Å². The lowest BCUT2D eigenvalue weighted by molar-refractivity contribution is -0.142. The van der Waals surface area contributed by atoms with E-state index in [1.165, 1.54) is 11.0 Å². The number of amides is 4. The lowest BCUT2D eigenvalue weighted by Gasteiger charge is -2.34. The van der Waals surface area contributed by atoms with E-state index in [4.69, 9.17) is 10.5 Å². The van der Waals surface area contributed by atoms with Crippen molar-refractivity contribution in [2.75, 3.05) is 6.54 Å². The fourth-order valence-corrected chi connectivity index (χ4v) is 3.90. The molecule has 0 aliphatic heterocycles. The number of ether oxygens (including phenoxy) is 1. The number of hydrogen-bond donors (Lipinski definition) is 3. The van der Waals surface area contributed by atoms with Crippen molar-refractivity contribution < 1.29 is 23.9 Å². The summed E-state index contributed by atoms with van der Waals surface area (Å²) in [5.74, 6) is -1.89. The molecule has 2 rings (SSSR count). The Hall–Kier alpha value is -4.14. The van der Waals surface area contributed by atoms with E-state index in [-0.39, 0.29) is 13.1 Å². The Morgan fingerprint density at radius 2 is 1.74 bits per heavy atom. The van der Waals surface area contributed by atoms with Crippen LogP contribution >= 0.6 is 0 Å². The summed E-state index contributed by atoms with van der Waals surface area (Å²) in [4.78, 5) is 53.2. The van der Waals surface area contributed by atoms with E-state index in [1.807, 2.05) is 62.4 Å². The molecule has 0 bridgehead atoms. The number of nitrogens with two attached hydrogens (primary N) is 1. The first-order valence-corrected chi connectivity index (χ1v) is 12.4. The number of rotatable bonds is 11. The number of nitrogens with one attached hydrogen (secondary N) is 2. The first-order valence-electron chi connectivity index (χ1n) is 12.4. The van der Waals surface area contributed by atoms with Gasteiger partial charge in [-0.25, -0.2) is 4.79 Å². The normalized spacial score (nSPS) is 12.6. The fourth-order valence-electron chi connectivity index (χ4n) is 3.90. The van der Waals surface area contributed by atoms with E-state index >= 15 is 0 Å². The standard InChI is InChI=1S/C29H38N4O5/c1-7-15-33(27(36)23(17-24(30)34)32-28(37)38-29(4,5)6)25(22-16-19(2)13-14-20(22)3)26(35)31-18-21-11-9-8-10-12-21/h7-14,16,23,25H,1,15,17-18H2,2-6H3,(H2,30,34)(H,31,35)(H,32,37). The van der Waals surface area contributed by atoms with Gasteiger partial charge in [-0.05, 0) is 51.3 Å². The Balaban J connectivity index is 2.50. The van der Waals surface area contributed by atoms with Gasteiger partial charge < -0.3 is 26.0 Å². The molecular weight excluding hydrogens is 484 g/mol. The van der Waals surface area contributed by atoms with E-state index in [9.17, 15) is 19.2 Å². The molecule has 2 aromatic rings. The summed E-state index contributed by atoms with van der Waals surface area (Å²) in [7, 11) is 0. The second-order valence-corrected chi connectivity index (χ2v) is 10.1. The zero-order chi connectivity index (χ0) is 28.5. The molecule has 2 unspecified atom stereocenters. The van der Waals surface area contributed by atoms with Crippen LogP contribution in [0, 0.1) is 13.8 Å². The molecule has 38 heavy (non-hydrogen) atoms. The van der Waals surface area contributed by atoms with Gasteiger partial charge in [0.25, 0.3) is 0 Å². The van der Waals surface area contributed by atoms with Crippen molar-refractivity contribution in [1.82, 2.24) is 15.5 Å². The van der Waals surface area contributed by atoms with Gasteiger partial charge in [0.1, 0.15) is 17.7 Å². The third-order valence-corrected chi connectivity index (χ3v) is 5.60. The van der Waals surface area contributed by atoms with Crippen LogP contribution in [0.2, 0.25) is 0 Å². The van der Waals surface area contributed by atoms with E-state index in [2.05, 4.69) is 17.2 Å². The van der Waals surface area contributed by atoms with Gasteiger partial charge in [-0.1, -0.05) is 60.2 Å². The molecule has 0 aromatic heterocycles. The lowest BCUT2D eigenvalue weighted by Crippen LogP contribution is -2.54. The van der Waals surface area contributed by atoms with E-state index in [0.29, 0.717) is 5.56 Å². The predicted octanol–water partition coefficient (Wildman–Crippen LogP) is 3.44. The monoisotopic (exact) mass is 522 g/mol. The molecule has 0 radical (unpaired) electrons. The number of carbonyl (C=O) groups excluding carboxylic acids is 4. The van der Waals surface area contributed by atoms with Gasteiger partial charge in [0.05, 0.1) is 6.42 Å². The van der Waals surface area contributed by atoms with Crippen LogP contribution in [0.25, 0.3) is 0 Å². The van der Waals surface area contributed by atoms with Gasteiger partial charge in [0, 0.05) is 13.1 Å². The highest BCUT2D eigenvalue weighted by atomic mass is 16.6. The smallest absolute Gasteiger partial charge is 0.408 e. The van der Waals surface area contributed by atoms with Gasteiger partial charge in [0.15, 0.2) is 0 Å². The van der Waals surface area contributed by atoms with E-state index in [0.717, 1.165) is 16.7 Å². The largest absolute Gasteiger partial charge is 0.444 e. The molecule has 0 saturated carbocycles. The van der Waals surface area contributed by atoms with E-state index < -0.39 is 47.9 Å². The van der Waals surface area contributed by atoms with Crippen LogP contribution in [0.5, 0.6) is 0 Å². The van der Waals surface area contributed by atoms with Crippen LogP contribution in [0.3, 0.4) is 0 Å². The van der Waals surface area contributed by atoms with Crippen molar-refractivity contribution in [2.24, 2.45) is 5.73 Å². The van der Waals surface area contributed by atoms with Crippen molar-refractivity contribution >= 4 is 23.8 Å². The molecule has 0 spiro atoms. The van der Waals surface area contributed by atoms with Crippen LogP contribution < -0.4 is 16.4 Å². The second kappa shape index (κ2) is 13.4. The number of hydrogen-bond acceptors (Lipinski definition) is 5. The molecular formula is C29H38N4O5. The van der Waals surface area contributed by atoms with Crippen LogP contribution in [0.4, 0.5) is 4.79 Å². The molecule has 0 heterocycles. The zero-order valence-electron chi connectivity index (χ0n) is 22.7. The number of alkyl carbamates (subject to hydrolysis) is 1. The lowest BCUT2D eigenvalue weighted by atomic mass is 9.95. The molecule has 2 aromatic carbocycles. The number of nitrogens with zero attached hydrogens (tertiary/aromatic N) is 1. The summed E-state index contributed by atoms with van der Waals surface area (Å²) < 4.78 is 5.28. The summed E-state index contributed by atoms with van der Waals surface area (Å²) >= 11 is 0. The average Bonchev–Trinajstić information content (AvgIpc) is 2.82. The SMILES string of the molecule is C=CCN(C(=O)C(CC(N)=O)NC(=O)OC(C)(C)C)C(C(=O)NCc1ccccc1)c1cc(C)ccc1C. The molecule has 0 aliphatic rings. The minimum Gasteiger partial charge on any atom is -0.444 e. The van der Waals surface area contributed by atoms with Crippen molar-refractivity contribution in [3.63, 3.8) is 0 Å². The Morgan fingerprint density at radius 3 is 2.32 bits per heavy atom. The number of benzene rings is 2. The minimum absolute atomic E-state index is 0.0269. The Morgan fingerprint density at radius 1 is 1.08 bits per heavy atom. The molecule has 0 saturated heterocycles. The second-order valence-electron chi connectivity index (χ2n) is 10.1. The third kappa shape index (κ3) is 9.06.